The number of anilines is 2. The first-order valence-electron chi connectivity index (χ1n) is 19.4. The molecular weight excluding hydrogens is 741 g/mol. The summed E-state index contributed by atoms with van der Waals surface area (Å²) in [6.07, 6.45) is 7.80. The Balaban J connectivity index is 0.000000152. The van der Waals surface area contributed by atoms with Gasteiger partial charge in [-0.2, -0.15) is 10.2 Å². The van der Waals surface area contributed by atoms with Crippen molar-refractivity contribution in [3.63, 3.8) is 0 Å². The number of aromatic nitrogens is 6. The third-order valence-electron chi connectivity index (χ3n) is 10.8. The molecule has 4 aromatic carbocycles. The van der Waals surface area contributed by atoms with Gasteiger partial charge in [0.15, 0.2) is 0 Å². The van der Waals surface area contributed by atoms with Crippen molar-refractivity contribution in [2.24, 2.45) is 0 Å². The van der Waals surface area contributed by atoms with E-state index in [2.05, 4.69) is 37.7 Å². The smallest absolute Gasteiger partial charge is 0.262 e. The van der Waals surface area contributed by atoms with Crippen LogP contribution in [-0.4, -0.2) is 52.7 Å². The summed E-state index contributed by atoms with van der Waals surface area (Å²) in [7, 11) is 1.59. The van der Waals surface area contributed by atoms with Crippen LogP contribution >= 0.6 is 0 Å². The van der Waals surface area contributed by atoms with Gasteiger partial charge in [0.1, 0.15) is 11.5 Å². The Labute approximate surface area is 341 Å². The predicted octanol–water partition coefficient (Wildman–Crippen LogP) is 8.10. The number of fused-ring (bicyclic) bond motifs is 4. The number of carbonyl (C=O) groups is 2. The molecule has 0 atom stereocenters. The van der Waals surface area contributed by atoms with Crippen molar-refractivity contribution >= 4 is 23.2 Å². The van der Waals surface area contributed by atoms with Gasteiger partial charge in [-0.3, -0.25) is 9.59 Å². The van der Waals surface area contributed by atoms with E-state index < -0.39 is 0 Å². The van der Waals surface area contributed by atoms with Crippen LogP contribution in [0, 0.1) is 13.8 Å². The van der Waals surface area contributed by atoms with Crippen LogP contribution in [0.2, 0.25) is 0 Å². The van der Waals surface area contributed by atoms with E-state index in [4.69, 9.17) is 4.74 Å². The largest absolute Gasteiger partial charge is 0.507 e. The number of benzene rings is 4. The van der Waals surface area contributed by atoms with Crippen LogP contribution in [0.3, 0.4) is 0 Å². The Kier molecular flexibility index (Phi) is 9.65. The fourth-order valence-corrected chi connectivity index (χ4v) is 7.79. The van der Waals surface area contributed by atoms with Crippen molar-refractivity contribution in [3.05, 3.63) is 191 Å². The highest BCUT2D eigenvalue weighted by Gasteiger charge is 2.28. The van der Waals surface area contributed by atoms with Gasteiger partial charge < -0.3 is 28.8 Å². The van der Waals surface area contributed by atoms with Crippen molar-refractivity contribution in [2.75, 3.05) is 16.9 Å². The molecule has 10 rings (SSSR count). The van der Waals surface area contributed by atoms with E-state index in [1.807, 2.05) is 128 Å². The number of aryl methyl sites for hydroxylation is 2. The van der Waals surface area contributed by atoms with E-state index in [9.17, 15) is 14.7 Å². The van der Waals surface area contributed by atoms with Gasteiger partial charge in [-0.15, -0.1) is 0 Å². The molecule has 8 aromatic rings. The minimum atomic E-state index is -0.229. The van der Waals surface area contributed by atoms with Crippen LogP contribution in [0.5, 0.6) is 11.5 Å². The van der Waals surface area contributed by atoms with Crippen LogP contribution in [0.1, 0.15) is 54.6 Å². The number of amides is 2. The van der Waals surface area contributed by atoms with E-state index in [-0.39, 0.29) is 23.1 Å². The number of ether oxygens (including phenoxy) is 1. The number of phenolic OH excluding ortho intramolecular Hbond substituents is 1. The van der Waals surface area contributed by atoms with Crippen molar-refractivity contribution in [2.45, 2.75) is 40.0 Å². The Morgan fingerprint density at radius 2 is 1.05 bits per heavy atom. The van der Waals surface area contributed by atoms with Crippen LogP contribution in [-0.2, 0) is 26.2 Å². The standard InChI is InChI=1S/C24H22N4O2.C23H20N4O2/c1-17-11-13-28(25-17)19-9-10-21(23(14-19)30-2)24(29)27-16-20-7-5-12-26(20)15-18-6-3-4-8-22(18)27;1-16-10-12-27(24-16)18-8-9-20(22(28)13-18)23(29)26-15-19-6-4-11-25(19)14-17-5-2-3-7-21(17)26/h3-14H,15-16H2,1-2H3;2-13,28H,14-15H2,1H3. The minimum Gasteiger partial charge on any atom is -0.507 e. The Bertz CT molecular complexity index is 2840. The minimum absolute atomic E-state index is 0.0576. The van der Waals surface area contributed by atoms with E-state index in [1.54, 1.807) is 39.6 Å². The highest BCUT2D eigenvalue weighted by Crippen LogP contribution is 2.33. The topological polar surface area (TPSA) is 116 Å². The molecule has 0 fully saturated rings. The van der Waals surface area contributed by atoms with Crippen LogP contribution in [0.4, 0.5) is 11.4 Å². The number of aromatic hydroxyl groups is 1. The Morgan fingerprint density at radius 1 is 0.559 bits per heavy atom. The molecule has 294 valence electrons. The summed E-state index contributed by atoms with van der Waals surface area (Å²) in [6.45, 7) is 6.26. The molecule has 0 bridgehead atoms. The molecule has 6 heterocycles. The zero-order chi connectivity index (χ0) is 40.6. The number of rotatable bonds is 5. The van der Waals surface area contributed by atoms with Gasteiger partial charge in [-0.25, -0.2) is 9.36 Å². The summed E-state index contributed by atoms with van der Waals surface area (Å²) in [4.78, 5) is 30.7. The van der Waals surface area contributed by atoms with Gasteiger partial charge >= 0.3 is 0 Å². The summed E-state index contributed by atoms with van der Waals surface area (Å²) in [6, 6.07) is 38.5. The molecule has 0 unspecified atom stereocenters. The molecule has 2 amide bonds. The van der Waals surface area contributed by atoms with Gasteiger partial charge in [0.2, 0.25) is 0 Å². The van der Waals surface area contributed by atoms with E-state index >= 15 is 0 Å². The lowest BCUT2D eigenvalue weighted by Crippen LogP contribution is -2.31. The second kappa shape index (κ2) is 15.4. The van der Waals surface area contributed by atoms with Crippen molar-refractivity contribution in [1.29, 1.82) is 0 Å². The maximum atomic E-state index is 13.7. The lowest BCUT2D eigenvalue weighted by molar-refractivity contribution is 0.0974. The molecule has 0 aliphatic carbocycles. The molecule has 4 aromatic heterocycles. The van der Waals surface area contributed by atoms with Crippen molar-refractivity contribution in [3.8, 4) is 22.9 Å². The summed E-state index contributed by atoms with van der Waals surface area (Å²) in [5.41, 5.74) is 10.3. The Morgan fingerprint density at radius 3 is 1.54 bits per heavy atom. The molecule has 0 spiro atoms. The molecule has 2 aliphatic rings. The predicted molar refractivity (Wildman–Crippen MR) is 226 cm³/mol. The Hall–Kier alpha value is -7.60. The van der Waals surface area contributed by atoms with Gasteiger partial charge in [0, 0.05) is 72.8 Å². The molecule has 1 N–H and O–H groups in total. The third kappa shape index (κ3) is 7.16. The molecule has 0 radical (unpaired) electrons. The zero-order valence-corrected chi connectivity index (χ0v) is 32.9. The fourth-order valence-electron chi connectivity index (χ4n) is 7.79. The average Bonchev–Trinajstić information content (AvgIpc) is 4.06. The maximum Gasteiger partial charge on any atom is 0.262 e. The number of hydrogen-bond donors (Lipinski definition) is 1. The number of nitrogens with zero attached hydrogens (tertiary/aromatic N) is 8. The summed E-state index contributed by atoms with van der Waals surface area (Å²) in [5, 5.41) is 19.4. The fraction of sp³-hybridized carbons (Fsp3) is 0.149. The lowest BCUT2D eigenvalue weighted by atomic mass is 10.1. The first kappa shape index (κ1) is 37.0. The molecule has 0 saturated heterocycles. The quantitative estimate of drug-likeness (QED) is 0.189. The zero-order valence-electron chi connectivity index (χ0n) is 32.9. The molecule has 0 saturated carbocycles. The van der Waals surface area contributed by atoms with E-state index in [1.165, 1.54) is 0 Å². The van der Waals surface area contributed by atoms with E-state index in [0.29, 0.717) is 36.6 Å². The lowest BCUT2D eigenvalue weighted by Gasteiger charge is -2.24. The van der Waals surface area contributed by atoms with Gasteiger partial charge in [-0.1, -0.05) is 36.4 Å². The first-order valence-corrected chi connectivity index (χ1v) is 19.4. The highest BCUT2D eigenvalue weighted by atomic mass is 16.5. The molecule has 2 aliphatic heterocycles. The SMILES string of the molecule is COc1cc(-n2ccc(C)n2)ccc1C(=O)N1Cc2cccn2Cc2ccccc21.Cc1ccn(-c2ccc(C(=O)N3Cc4cccn4Cc4ccccc43)c(O)c2)n1. The van der Waals surface area contributed by atoms with Gasteiger partial charge in [-0.05, 0) is 97.8 Å². The normalized spacial score (nSPS) is 12.9. The molecular formula is C47H42N8O4. The highest BCUT2D eigenvalue weighted by molar-refractivity contribution is 6.09. The molecule has 12 nitrogen and oxygen atoms in total. The molecule has 12 heteroatoms. The summed E-state index contributed by atoms with van der Waals surface area (Å²) < 4.78 is 13.4. The summed E-state index contributed by atoms with van der Waals surface area (Å²) in [5.74, 6) is 0.158. The first-order chi connectivity index (χ1) is 28.7. The van der Waals surface area contributed by atoms with Crippen LogP contribution in [0.15, 0.2) is 146 Å². The van der Waals surface area contributed by atoms with Crippen molar-refractivity contribution < 1.29 is 19.4 Å². The van der Waals surface area contributed by atoms with Gasteiger partial charge in [0.05, 0.1) is 54.1 Å². The number of phenols is 1. The van der Waals surface area contributed by atoms with Crippen LogP contribution in [0.25, 0.3) is 11.4 Å². The monoisotopic (exact) mass is 782 g/mol. The second-order valence-electron chi connectivity index (χ2n) is 14.7. The van der Waals surface area contributed by atoms with Crippen molar-refractivity contribution in [1.82, 2.24) is 28.7 Å². The third-order valence-corrected chi connectivity index (χ3v) is 10.8. The molecule has 59 heavy (non-hydrogen) atoms. The second-order valence-corrected chi connectivity index (χ2v) is 14.7. The number of methoxy groups -OCH3 is 1. The summed E-state index contributed by atoms with van der Waals surface area (Å²) >= 11 is 0. The number of hydrogen-bond acceptors (Lipinski definition) is 6. The average molecular weight is 783 g/mol. The number of para-hydroxylation sites is 2. The number of carbonyl (C=O) groups excluding carboxylic acids is 2. The maximum absolute atomic E-state index is 13.7. The van der Waals surface area contributed by atoms with Gasteiger partial charge in [0.25, 0.3) is 11.8 Å². The van der Waals surface area contributed by atoms with E-state index in [0.717, 1.165) is 57.5 Å². The van der Waals surface area contributed by atoms with Crippen LogP contribution < -0.4 is 14.5 Å².